The highest BCUT2D eigenvalue weighted by Crippen LogP contribution is 2.22. The van der Waals surface area contributed by atoms with E-state index >= 15 is 0 Å². The molecule has 0 aliphatic carbocycles. The number of carboxylic acids is 1. The van der Waals surface area contributed by atoms with E-state index in [1.54, 1.807) is 0 Å². The van der Waals surface area contributed by atoms with Crippen LogP contribution in [0.25, 0.3) is 0 Å². The first-order valence-corrected chi connectivity index (χ1v) is 4.10. The van der Waals surface area contributed by atoms with Crippen LogP contribution in [0.4, 0.5) is 0 Å². The first-order valence-electron chi connectivity index (χ1n) is 4.10. The normalized spacial score (nSPS) is 29.8. The molecule has 0 amide bonds. The molecule has 1 rings (SSSR count). The highest BCUT2D eigenvalue weighted by atomic mass is 35.5. The Morgan fingerprint density at radius 1 is 1.58 bits per heavy atom. The summed E-state index contributed by atoms with van der Waals surface area (Å²) in [5.41, 5.74) is 0. The second-order valence-corrected chi connectivity index (χ2v) is 3.27. The van der Waals surface area contributed by atoms with Crippen LogP contribution in [0.1, 0.15) is 13.8 Å². The first-order chi connectivity index (χ1) is 5.15. The average Bonchev–Trinajstić information content (AvgIpc) is 2.30. The van der Waals surface area contributed by atoms with Crippen molar-refractivity contribution in [1.29, 1.82) is 0 Å². The molecule has 0 saturated carbocycles. The molecule has 1 heterocycles. The SMILES string of the molecule is CCN1C[C@@H](C)[C@H](C(=O)O)C1.Cl. The lowest BCUT2D eigenvalue weighted by Crippen LogP contribution is -2.22. The average molecular weight is 194 g/mol. The van der Waals surface area contributed by atoms with Crippen LogP contribution in [0.5, 0.6) is 0 Å². The number of rotatable bonds is 2. The fourth-order valence-corrected chi connectivity index (χ4v) is 1.65. The Morgan fingerprint density at radius 3 is 2.42 bits per heavy atom. The van der Waals surface area contributed by atoms with Gasteiger partial charge in [-0.25, -0.2) is 0 Å². The third-order valence-electron chi connectivity index (χ3n) is 2.45. The molecular weight excluding hydrogens is 178 g/mol. The summed E-state index contributed by atoms with van der Waals surface area (Å²) < 4.78 is 0. The number of hydrogen-bond donors (Lipinski definition) is 1. The van der Waals surface area contributed by atoms with Gasteiger partial charge in [0.1, 0.15) is 0 Å². The Morgan fingerprint density at radius 2 is 2.17 bits per heavy atom. The van der Waals surface area contributed by atoms with E-state index in [2.05, 4.69) is 11.8 Å². The molecular formula is C8H16ClNO2. The topological polar surface area (TPSA) is 40.5 Å². The summed E-state index contributed by atoms with van der Waals surface area (Å²) >= 11 is 0. The number of carbonyl (C=O) groups is 1. The van der Waals surface area contributed by atoms with Crippen LogP contribution in [-0.4, -0.2) is 35.6 Å². The minimum absolute atomic E-state index is 0. The lowest BCUT2D eigenvalue weighted by molar-refractivity contribution is -0.142. The Kier molecular flexibility index (Phi) is 4.57. The summed E-state index contributed by atoms with van der Waals surface area (Å²) in [6, 6.07) is 0. The number of carboxylic acid groups (broad SMARTS) is 1. The van der Waals surface area contributed by atoms with E-state index in [1.807, 2.05) is 6.92 Å². The van der Waals surface area contributed by atoms with Gasteiger partial charge in [-0.2, -0.15) is 0 Å². The minimum atomic E-state index is -0.645. The largest absolute Gasteiger partial charge is 0.481 e. The highest BCUT2D eigenvalue weighted by molar-refractivity contribution is 5.85. The van der Waals surface area contributed by atoms with Crippen molar-refractivity contribution in [2.75, 3.05) is 19.6 Å². The number of hydrogen-bond acceptors (Lipinski definition) is 2. The maximum absolute atomic E-state index is 10.6. The Hall–Kier alpha value is -0.280. The van der Waals surface area contributed by atoms with Crippen molar-refractivity contribution in [1.82, 2.24) is 4.90 Å². The zero-order chi connectivity index (χ0) is 8.43. The van der Waals surface area contributed by atoms with Crippen molar-refractivity contribution in [2.24, 2.45) is 11.8 Å². The van der Waals surface area contributed by atoms with Gasteiger partial charge in [0, 0.05) is 13.1 Å². The molecule has 0 aromatic carbocycles. The summed E-state index contributed by atoms with van der Waals surface area (Å²) in [6.07, 6.45) is 0. The van der Waals surface area contributed by atoms with Crippen molar-refractivity contribution < 1.29 is 9.90 Å². The smallest absolute Gasteiger partial charge is 0.308 e. The van der Waals surface area contributed by atoms with E-state index < -0.39 is 5.97 Å². The molecule has 1 aliphatic heterocycles. The van der Waals surface area contributed by atoms with Gasteiger partial charge in [-0.15, -0.1) is 12.4 Å². The van der Waals surface area contributed by atoms with Crippen LogP contribution in [0.15, 0.2) is 0 Å². The van der Waals surface area contributed by atoms with E-state index in [0.717, 1.165) is 19.6 Å². The highest BCUT2D eigenvalue weighted by Gasteiger charge is 2.33. The second kappa shape index (κ2) is 4.67. The maximum atomic E-state index is 10.6. The fraction of sp³-hybridized carbons (Fsp3) is 0.875. The van der Waals surface area contributed by atoms with Gasteiger partial charge in [0.05, 0.1) is 5.92 Å². The molecule has 3 nitrogen and oxygen atoms in total. The molecule has 0 spiro atoms. The lowest BCUT2D eigenvalue weighted by atomic mass is 9.99. The van der Waals surface area contributed by atoms with Gasteiger partial charge >= 0.3 is 5.97 Å². The molecule has 2 atom stereocenters. The van der Waals surface area contributed by atoms with E-state index in [1.165, 1.54) is 0 Å². The van der Waals surface area contributed by atoms with E-state index in [4.69, 9.17) is 5.11 Å². The lowest BCUT2D eigenvalue weighted by Gasteiger charge is -2.10. The predicted molar refractivity (Wildman–Crippen MR) is 49.7 cm³/mol. The summed E-state index contributed by atoms with van der Waals surface area (Å²) in [5, 5.41) is 8.77. The monoisotopic (exact) mass is 193 g/mol. The molecule has 0 unspecified atom stereocenters. The standard InChI is InChI=1S/C8H15NO2.ClH/c1-3-9-4-6(2)7(5-9)8(10)11;/h6-7H,3-5H2,1-2H3,(H,10,11);1H/t6-,7-;/m1./s1. The molecule has 1 N–H and O–H groups in total. The Bertz CT molecular complexity index is 163. The van der Waals surface area contributed by atoms with Gasteiger partial charge in [0.25, 0.3) is 0 Å². The molecule has 0 bridgehead atoms. The zero-order valence-corrected chi connectivity index (χ0v) is 8.30. The van der Waals surface area contributed by atoms with Crippen LogP contribution in [0.3, 0.4) is 0 Å². The summed E-state index contributed by atoms with van der Waals surface area (Å²) in [7, 11) is 0. The maximum Gasteiger partial charge on any atom is 0.308 e. The van der Waals surface area contributed by atoms with Gasteiger partial charge < -0.3 is 10.0 Å². The molecule has 0 aromatic heterocycles. The zero-order valence-electron chi connectivity index (χ0n) is 7.49. The first kappa shape index (κ1) is 11.7. The third kappa shape index (κ3) is 2.35. The van der Waals surface area contributed by atoms with Crippen molar-refractivity contribution >= 4 is 18.4 Å². The molecule has 0 aromatic rings. The summed E-state index contributed by atoms with van der Waals surface area (Å²) in [6.45, 7) is 6.71. The fourth-order valence-electron chi connectivity index (χ4n) is 1.65. The molecule has 1 aliphatic rings. The Labute approximate surface area is 79.2 Å². The number of halogens is 1. The van der Waals surface area contributed by atoms with Crippen LogP contribution in [-0.2, 0) is 4.79 Å². The van der Waals surface area contributed by atoms with Crippen LogP contribution in [0, 0.1) is 11.8 Å². The van der Waals surface area contributed by atoms with Crippen LogP contribution in [0.2, 0.25) is 0 Å². The predicted octanol–water partition coefficient (Wildman–Crippen LogP) is 1.08. The number of aliphatic carboxylic acids is 1. The van der Waals surface area contributed by atoms with Gasteiger partial charge in [0.2, 0.25) is 0 Å². The van der Waals surface area contributed by atoms with Crippen molar-refractivity contribution in [3.8, 4) is 0 Å². The number of nitrogens with zero attached hydrogens (tertiary/aromatic N) is 1. The molecule has 0 radical (unpaired) electrons. The van der Waals surface area contributed by atoms with Crippen molar-refractivity contribution in [3.63, 3.8) is 0 Å². The van der Waals surface area contributed by atoms with Gasteiger partial charge in [-0.05, 0) is 12.5 Å². The minimum Gasteiger partial charge on any atom is -0.481 e. The third-order valence-corrected chi connectivity index (χ3v) is 2.45. The van der Waals surface area contributed by atoms with E-state index in [9.17, 15) is 4.79 Å². The van der Waals surface area contributed by atoms with Gasteiger partial charge in [-0.3, -0.25) is 4.79 Å². The summed E-state index contributed by atoms with van der Waals surface area (Å²) in [5.74, 6) is -0.476. The van der Waals surface area contributed by atoms with Crippen molar-refractivity contribution in [3.05, 3.63) is 0 Å². The Balaban J connectivity index is 0.00000121. The molecule has 72 valence electrons. The van der Waals surface area contributed by atoms with Gasteiger partial charge in [-0.1, -0.05) is 13.8 Å². The van der Waals surface area contributed by atoms with Crippen LogP contribution >= 0.6 is 12.4 Å². The van der Waals surface area contributed by atoms with E-state index in [0.29, 0.717) is 5.92 Å². The van der Waals surface area contributed by atoms with Crippen molar-refractivity contribution in [2.45, 2.75) is 13.8 Å². The number of likely N-dealkylation sites (tertiary alicyclic amines) is 1. The van der Waals surface area contributed by atoms with Gasteiger partial charge in [0.15, 0.2) is 0 Å². The summed E-state index contributed by atoms with van der Waals surface area (Å²) in [4.78, 5) is 12.8. The molecule has 12 heavy (non-hydrogen) atoms. The quantitative estimate of drug-likeness (QED) is 0.714. The van der Waals surface area contributed by atoms with Crippen LogP contribution < -0.4 is 0 Å². The molecule has 1 fully saturated rings. The second-order valence-electron chi connectivity index (χ2n) is 3.27. The molecule has 1 saturated heterocycles. The molecule has 4 heteroatoms. The van der Waals surface area contributed by atoms with E-state index in [-0.39, 0.29) is 18.3 Å².